The van der Waals surface area contributed by atoms with E-state index in [1.807, 2.05) is 18.7 Å². The van der Waals surface area contributed by atoms with E-state index in [-0.39, 0.29) is 5.91 Å². The van der Waals surface area contributed by atoms with E-state index in [9.17, 15) is 4.79 Å². The van der Waals surface area contributed by atoms with E-state index in [0.29, 0.717) is 18.4 Å². The van der Waals surface area contributed by atoms with Gasteiger partial charge in [0.2, 0.25) is 5.91 Å². The molecule has 0 saturated carbocycles. The number of rotatable bonds is 6. The maximum Gasteiger partial charge on any atom is 0.236 e. The van der Waals surface area contributed by atoms with Gasteiger partial charge in [0.1, 0.15) is 0 Å². The van der Waals surface area contributed by atoms with Gasteiger partial charge in [0.25, 0.3) is 0 Å². The molecule has 0 aromatic heterocycles. The highest BCUT2D eigenvalue weighted by atomic mass is 16.2. The first-order chi connectivity index (χ1) is 8.56. The van der Waals surface area contributed by atoms with Crippen LogP contribution in [0.5, 0.6) is 0 Å². The van der Waals surface area contributed by atoms with Crippen LogP contribution in [0.2, 0.25) is 0 Å². The number of hydrogen-bond acceptors (Lipinski definition) is 2. The Balaban J connectivity index is 2.26. The highest BCUT2D eigenvalue weighted by molar-refractivity contribution is 5.78. The van der Waals surface area contributed by atoms with E-state index < -0.39 is 0 Å². The third-order valence-corrected chi connectivity index (χ3v) is 3.71. The Morgan fingerprint density at radius 2 is 2.11 bits per heavy atom. The van der Waals surface area contributed by atoms with Crippen LogP contribution in [-0.2, 0) is 4.79 Å². The van der Waals surface area contributed by atoms with Gasteiger partial charge in [0.05, 0.1) is 6.54 Å². The van der Waals surface area contributed by atoms with Crippen molar-refractivity contribution in [2.75, 3.05) is 26.2 Å². The second kappa shape index (κ2) is 7.57. The first kappa shape index (κ1) is 15.2. The van der Waals surface area contributed by atoms with Crippen molar-refractivity contribution in [3.8, 4) is 0 Å². The molecule has 0 spiro atoms. The predicted molar refractivity (Wildman–Crippen MR) is 76.4 cm³/mol. The number of carbonyl (C=O) groups excluding carboxylic acids is 1. The van der Waals surface area contributed by atoms with Gasteiger partial charge in [0, 0.05) is 13.1 Å². The summed E-state index contributed by atoms with van der Waals surface area (Å²) in [5.74, 6) is 1.59. The highest BCUT2D eigenvalue weighted by Crippen LogP contribution is 2.27. The topological polar surface area (TPSA) is 32.3 Å². The minimum atomic E-state index is 0.219. The zero-order valence-corrected chi connectivity index (χ0v) is 12.3. The van der Waals surface area contributed by atoms with E-state index in [1.54, 1.807) is 0 Å². The molecule has 1 aliphatic rings. The molecule has 0 radical (unpaired) electrons. The Bertz CT molecular complexity index is 295. The van der Waals surface area contributed by atoms with Crippen molar-refractivity contribution in [1.82, 2.24) is 10.2 Å². The largest absolute Gasteiger partial charge is 0.342 e. The molecule has 1 amide bonds. The molecule has 0 bridgehead atoms. The molecule has 2 atom stereocenters. The molecule has 3 nitrogen and oxygen atoms in total. The van der Waals surface area contributed by atoms with Crippen molar-refractivity contribution in [3.63, 3.8) is 0 Å². The number of allylic oxidation sites excluding steroid dienone is 2. The van der Waals surface area contributed by atoms with Crippen molar-refractivity contribution in [2.45, 2.75) is 40.5 Å². The maximum absolute atomic E-state index is 11.8. The predicted octanol–water partition coefficient (Wildman–Crippen LogP) is 2.44. The molecule has 0 fully saturated rings. The summed E-state index contributed by atoms with van der Waals surface area (Å²) in [6.45, 7) is 11.6. The van der Waals surface area contributed by atoms with Crippen LogP contribution in [0.4, 0.5) is 0 Å². The second-order valence-electron chi connectivity index (χ2n) is 5.49. The summed E-state index contributed by atoms with van der Waals surface area (Å²) in [5.41, 5.74) is 1.50. The van der Waals surface area contributed by atoms with E-state index in [4.69, 9.17) is 0 Å². The second-order valence-corrected chi connectivity index (χ2v) is 5.49. The Labute approximate surface area is 112 Å². The summed E-state index contributed by atoms with van der Waals surface area (Å²) in [6, 6.07) is 0. The van der Waals surface area contributed by atoms with Crippen molar-refractivity contribution in [2.24, 2.45) is 11.8 Å². The van der Waals surface area contributed by atoms with Gasteiger partial charge in [-0.15, -0.1) is 0 Å². The summed E-state index contributed by atoms with van der Waals surface area (Å²) in [6.07, 6.45) is 4.79. The molecule has 3 heteroatoms. The fraction of sp³-hybridized carbons (Fsp3) is 0.800. The highest BCUT2D eigenvalue weighted by Gasteiger charge is 2.18. The normalized spacial score (nSPS) is 23.7. The molecule has 1 aliphatic carbocycles. The van der Waals surface area contributed by atoms with Gasteiger partial charge in [-0.1, -0.05) is 18.6 Å². The maximum atomic E-state index is 11.8. The van der Waals surface area contributed by atoms with Gasteiger partial charge in [-0.05, 0) is 52.0 Å². The Morgan fingerprint density at radius 1 is 1.44 bits per heavy atom. The number of nitrogens with zero attached hydrogens (tertiary/aromatic N) is 1. The number of hydrogen-bond donors (Lipinski definition) is 1. The van der Waals surface area contributed by atoms with Gasteiger partial charge < -0.3 is 10.2 Å². The van der Waals surface area contributed by atoms with Gasteiger partial charge >= 0.3 is 0 Å². The average molecular weight is 252 g/mol. The van der Waals surface area contributed by atoms with Crippen LogP contribution in [0.3, 0.4) is 0 Å². The molecule has 1 rings (SSSR count). The fourth-order valence-electron chi connectivity index (χ4n) is 2.91. The zero-order valence-electron chi connectivity index (χ0n) is 12.3. The van der Waals surface area contributed by atoms with Crippen LogP contribution in [0.25, 0.3) is 0 Å². The first-order valence-electron chi connectivity index (χ1n) is 7.22. The number of nitrogens with one attached hydrogen (secondary N) is 1. The lowest BCUT2D eigenvalue weighted by Crippen LogP contribution is -2.39. The van der Waals surface area contributed by atoms with E-state index in [1.165, 1.54) is 18.4 Å². The summed E-state index contributed by atoms with van der Waals surface area (Å²) in [4.78, 5) is 13.7. The molecule has 18 heavy (non-hydrogen) atoms. The van der Waals surface area contributed by atoms with Crippen LogP contribution in [0.1, 0.15) is 40.5 Å². The van der Waals surface area contributed by atoms with Gasteiger partial charge in [0.15, 0.2) is 0 Å². The Hall–Kier alpha value is -0.830. The van der Waals surface area contributed by atoms with Crippen molar-refractivity contribution in [3.05, 3.63) is 11.6 Å². The van der Waals surface area contributed by atoms with E-state index in [2.05, 4.69) is 25.2 Å². The molecule has 0 aromatic rings. The van der Waals surface area contributed by atoms with E-state index in [0.717, 1.165) is 19.6 Å². The van der Waals surface area contributed by atoms with E-state index >= 15 is 0 Å². The van der Waals surface area contributed by atoms with Crippen LogP contribution in [0.15, 0.2) is 11.6 Å². The average Bonchev–Trinajstić information content (AvgIpc) is 2.29. The molecule has 0 aliphatic heterocycles. The molecule has 2 unspecified atom stereocenters. The standard InChI is InChI=1S/C15H28N2O/c1-5-17(6-2)15(18)11-16-10-14-8-12(3)7-13(4)9-14/h7,12,14,16H,5-6,8-11H2,1-4H3. The zero-order chi connectivity index (χ0) is 13.5. The van der Waals surface area contributed by atoms with Crippen LogP contribution in [0, 0.1) is 11.8 Å². The lowest BCUT2D eigenvalue weighted by Gasteiger charge is -2.26. The Morgan fingerprint density at radius 3 is 2.67 bits per heavy atom. The van der Waals surface area contributed by atoms with Crippen LogP contribution < -0.4 is 5.32 Å². The third-order valence-electron chi connectivity index (χ3n) is 3.71. The van der Waals surface area contributed by atoms with Gasteiger partial charge in [-0.2, -0.15) is 0 Å². The number of likely N-dealkylation sites (N-methyl/N-ethyl adjacent to an activating group) is 1. The minimum absolute atomic E-state index is 0.219. The summed E-state index contributed by atoms with van der Waals surface area (Å²) in [5, 5.41) is 3.33. The Kier molecular flexibility index (Phi) is 6.41. The fourth-order valence-corrected chi connectivity index (χ4v) is 2.91. The molecular formula is C15H28N2O. The lowest BCUT2D eigenvalue weighted by atomic mass is 9.84. The number of carbonyl (C=O) groups is 1. The van der Waals surface area contributed by atoms with Crippen molar-refractivity contribution < 1.29 is 4.79 Å². The first-order valence-corrected chi connectivity index (χ1v) is 7.22. The SMILES string of the molecule is CCN(CC)C(=O)CNCC1CC(C)=CC(C)C1. The molecule has 1 N–H and O–H groups in total. The van der Waals surface area contributed by atoms with Crippen molar-refractivity contribution in [1.29, 1.82) is 0 Å². The number of amides is 1. The summed E-state index contributed by atoms with van der Waals surface area (Å²) >= 11 is 0. The molecule has 0 heterocycles. The van der Waals surface area contributed by atoms with Gasteiger partial charge in [-0.25, -0.2) is 0 Å². The van der Waals surface area contributed by atoms with Crippen molar-refractivity contribution >= 4 is 5.91 Å². The molecule has 104 valence electrons. The summed E-state index contributed by atoms with van der Waals surface area (Å²) in [7, 11) is 0. The third kappa shape index (κ3) is 4.81. The smallest absolute Gasteiger partial charge is 0.236 e. The van der Waals surface area contributed by atoms with Crippen LogP contribution >= 0.6 is 0 Å². The molecular weight excluding hydrogens is 224 g/mol. The minimum Gasteiger partial charge on any atom is -0.342 e. The quantitative estimate of drug-likeness (QED) is 0.736. The van der Waals surface area contributed by atoms with Crippen LogP contribution in [-0.4, -0.2) is 37.0 Å². The van der Waals surface area contributed by atoms with Gasteiger partial charge in [-0.3, -0.25) is 4.79 Å². The monoisotopic (exact) mass is 252 g/mol. The molecule has 0 saturated heterocycles. The summed E-state index contributed by atoms with van der Waals surface area (Å²) < 4.78 is 0. The molecule has 0 aromatic carbocycles. The lowest BCUT2D eigenvalue weighted by molar-refractivity contribution is -0.129.